The summed E-state index contributed by atoms with van der Waals surface area (Å²) >= 11 is 6.49. The molecule has 0 spiro atoms. The normalized spacial score (nSPS) is 16.2. The molecular weight excluding hydrogens is 372 g/mol. The maximum absolute atomic E-state index is 12.4. The van der Waals surface area contributed by atoms with Crippen molar-refractivity contribution in [3.05, 3.63) is 64.7 Å². The summed E-state index contributed by atoms with van der Waals surface area (Å²) in [4.78, 5) is 14.9. The predicted octanol–water partition coefficient (Wildman–Crippen LogP) is 4.76. The third-order valence-corrected chi connectivity index (χ3v) is 5.63. The van der Waals surface area contributed by atoms with Gasteiger partial charge in [-0.2, -0.15) is 0 Å². The van der Waals surface area contributed by atoms with Gasteiger partial charge in [0.1, 0.15) is 5.75 Å². The molecule has 2 aromatic rings. The van der Waals surface area contributed by atoms with Gasteiger partial charge in [-0.05, 0) is 56.1 Å². The Morgan fingerprint density at radius 1 is 1.07 bits per heavy atom. The van der Waals surface area contributed by atoms with Gasteiger partial charge in [0.15, 0.2) is 6.61 Å². The fraction of sp³-hybridized carbons (Fsp3) is 0.435. The van der Waals surface area contributed by atoms with E-state index in [1.54, 1.807) is 0 Å². The molecule has 1 aliphatic heterocycles. The zero-order chi connectivity index (χ0) is 19.8. The molecule has 4 nitrogen and oxygen atoms in total. The summed E-state index contributed by atoms with van der Waals surface area (Å²) in [6.45, 7) is 4.58. The summed E-state index contributed by atoms with van der Waals surface area (Å²) in [6, 6.07) is 15.7. The van der Waals surface area contributed by atoms with Crippen molar-refractivity contribution >= 4 is 17.5 Å². The van der Waals surface area contributed by atoms with Gasteiger partial charge < -0.3 is 10.1 Å². The Bertz CT molecular complexity index is 773. The number of nitrogens with one attached hydrogen (secondary N) is 1. The Labute approximate surface area is 172 Å². The van der Waals surface area contributed by atoms with Gasteiger partial charge in [-0.1, -0.05) is 60.8 Å². The maximum atomic E-state index is 12.4. The molecule has 28 heavy (non-hydrogen) atoms. The molecule has 1 fully saturated rings. The van der Waals surface area contributed by atoms with Crippen LogP contribution in [0, 0.1) is 6.92 Å². The van der Waals surface area contributed by atoms with Gasteiger partial charge in [0, 0.05) is 11.6 Å². The number of likely N-dealkylation sites (tertiary alicyclic amines) is 1. The van der Waals surface area contributed by atoms with E-state index in [2.05, 4.69) is 16.3 Å². The van der Waals surface area contributed by atoms with E-state index in [9.17, 15) is 4.79 Å². The van der Waals surface area contributed by atoms with E-state index in [0.717, 1.165) is 35.0 Å². The van der Waals surface area contributed by atoms with E-state index >= 15 is 0 Å². The molecule has 5 heteroatoms. The minimum absolute atomic E-state index is 0.0140. The number of halogens is 1. The van der Waals surface area contributed by atoms with Crippen molar-refractivity contribution in [3.63, 3.8) is 0 Å². The lowest BCUT2D eigenvalue weighted by atomic mass is 10.0. The number of amides is 1. The quantitative estimate of drug-likeness (QED) is 0.728. The van der Waals surface area contributed by atoms with Crippen LogP contribution in [-0.2, 0) is 4.79 Å². The topological polar surface area (TPSA) is 41.6 Å². The number of carbonyl (C=O) groups excluding carboxylic acids is 1. The summed E-state index contributed by atoms with van der Waals surface area (Å²) in [6.07, 6.45) is 4.90. The molecule has 1 amide bonds. The molecule has 0 aliphatic carbocycles. The van der Waals surface area contributed by atoms with E-state index in [-0.39, 0.29) is 18.6 Å². The lowest BCUT2D eigenvalue weighted by Gasteiger charge is -2.31. The lowest BCUT2D eigenvalue weighted by Crippen LogP contribution is -2.40. The second-order valence-corrected chi connectivity index (χ2v) is 7.75. The smallest absolute Gasteiger partial charge is 0.258 e. The van der Waals surface area contributed by atoms with Crippen molar-refractivity contribution in [3.8, 4) is 5.75 Å². The fourth-order valence-electron chi connectivity index (χ4n) is 3.71. The number of rotatable bonds is 7. The summed E-state index contributed by atoms with van der Waals surface area (Å²) in [5, 5.41) is 3.80. The first-order valence-corrected chi connectivity index (χ1v) is 10.5. The third kappa shape index (κ3) is 5.73. The average molecular weight is 401 g/mol. The van der Waals surface area contributed by atoms with Crippen molar-refractivity contribution < 1.29 is 9.53 Å². The molecule has 1 atom stereocenters. The number of aryl methyl sites for hydroxylation is 1. The van der Waals surface area contributed by atoms with Crippen LogP contribution in [0.1, 0.15) is 42.9 Å². The molecule has 0 bridgehead atoms. The van der Waals surface area contributed by atoms with Crippen LogP contribution in [0.5, 0.6) is 5.75 Å². The molecule has 0 unspecified atom stereocenters. The van der Waals surface area contributed by atoms with Gasteiger partial charge in [-0.25, -0.2) is 0 Å². The van der Waals surface area contributed by atoms with Crippen LogP contribution in [0.2, 0.25) is 5.02 Å². The van der Waals surface area contributed by atoms with Crippen LogP contribution in [0.15, 0.2) is 48.5 Å². The molecule has 0 aromatic heterocycles. The molecule has 1 N–H and O–H groups in total. The maximum Gasteiger partial charge on any atom is 0.258 e. The molecular formula is C23H29ClN2O2. The molecule has 2 aromatic carbocycles. The Hall–Kier alpha value is -2.04. The molecule has 0 radical (unpaired) electrons. The highest BCUT2D eigenvalue weighted by molar-refractivity contribution is 6.31. The van der Waals surface area contributed by atoms with Gasteiger partial charge >= 0.3 is 0 Å². The number of hydrogen-bond acceptors (Lipinski definition) is 3. The Kier molecular flexibility index (Phi) is 7.75. The third-order valence-electron chi connectivity index (χ3n) is 5.29. The summed E-state index contributed by atoms with van der Waals surface area (Å²) in [5.41, 5.74) is 2.10. The van der Waals surface area contributed by atoms with Gasteiger partial charge in [0.05, 0.1) is 6.04 Å². The molecule has 1 saturated heterocycles. The number of ether oxygens (including phenoxy) is 1. The Morgan fingerprint density at radius 3 is 2.46 bits per heavy atom. The number of nitrogens with zero attached hydrogens (tertiary/aromatic N) is 1. The Morgan fingerprint density at radius 2 is 1.75 bits per heavy atom. The second-order valence-electron chi connectivity index (χ2n) is 7.35. The SMILES string of the molecule is Cc1ccccc1OCC(=O)NC[C@@H](c1ccccc1Cl)N1CCCCCC1. The first kappa shape index (κ1) is 20.7. The number of hydrogen-bond donors (Lipinski definition) is 1. The van der Waals surface area contributed by atoms with Crippen LogP contribution >= 0.6 is 11.6 Å². The molecule has 0 saturated carbocycles. The van der Waals surface area contributed by atoms with Gasteiger partial charge in [-0.3, -0.25) is 9.69 Å². The highest BCUT2D eigenvalue weighted by atomic mass is 35.5. The van der Waals surface area contributed by atoms with Gasteiger partial charge in [-0.15, -0.1) is 0 Å². The van der Waals surface area contributed by atoms with E-state index in [0.29, 0.717) is 6.54 Å². The van der Waals surface area contributed by atoms with E-state index in [1.807, 2.05) is 49.4 Å². The summed E-state index contributed by atoms with van der Waals surface area (Å²) in [7, 11) is 0. The minimum Gasteiger partial charge on any atom is -0.484 e. The van der Waals surface area contributed by atoms with E-state index in [4.69, 9.17) is 16.3 Å². The monoisotopic (exact) mass is 400 g/mol. The molecule has 150 valence electrons. The number of para-hydroxylation sites is 1. The van der Waals surface area contributed by atoms with Gasteiger partial charge in [0.2, 0.25) is 0 Å². The minimum atomic E-state index is -0.116. The highest BCUT2D eigenvalue weighted by Crippen LogP contribution is 2.29. The largest absolute Gasteiger partial charge is 0.484 e. The summed E-state index contributed by atoms with van der Waals surface area (Å²) < 4.78 is 5.67. The molecule has 1 heterocycles. The van der Waals surface area contributed by atoms with E-state index in [1.165, 1.54) is 25.7 Å². The molecule has 3 rings (SSSR count). The van der Waals surface area contributed by atoms with Crippen molar-refractivity contribution in [1.82, 2.24) is 10.2 Å². The van der Waals surface area contributed by atoms with Crippen LogP contribution in [-0.4, -0.2) is 37.0 Å². The van der Waals surface area contributed by atoms with Crippen molar-refractivity contribution in [2.45, 2.75) is 38.6 Å². The first-order valence-electron chi connectivity index (χ1n) is 10.1. The van der Waals surface area contributed by atoms with E-state index < -0.39 is 0 Å². The van der Waals surface area contributed by atoms with Crippen LogP contribution in [0.3, 0.4) is 0 Å². The molecule has 1 aliphatic rings. The van der Waals surface area contributed by atoms with Crippen molar-refractivity contribution in [1.29, 1.82) is 0 Å². The lowest BCUT2D eigenvalue weighted by molar-refractivity contribution is -0.123. The second kappa shape index (κ2) is 10.5. The predicted molar refractivity (Wildman–Crippen MR) is 114 cm³/mol. The number of benzene rings is 2. The van der Waals surface area contributed by atoms with Crippen LogP contribution < -0.4 is 10.1 Å². The van der Waals surface area contributed by atoms with Crippen LogP contribution in [0.4, 0.5) is 0 Å². The zero-order valence-corrected chi connectivity index (χ0v) is 17.3. The average Bonchev–Trinajstić information content (AvgIpc) is 2.98. The zero-order valence-electron chi connectivity index (χ0n) is 16.5. The van der Waals surface area contributed by atoms with Crippen LogP contribution in [0.25, 0.3) is 0 Å². The van der Waals surface area contributed by atoms with Crippen molar-refractivity contribution in [2.24, 2.45) is 0 Å². The highest BCUT2D eigenvalue weighted by Gasteiger charge is 2.24. The summed E-state index contributed by atoms with van der Waals surface area (Å²) in [5.74, 6) is 0.628. The van der Waals surface area contributed by atoms with Crippen molar-refractivity contribution in [2.75, 3.05) is 26.2 Å². The first-order chi connectivity index (χ1) is 13.6. The number of carbonyl (C=O) groups is 1. The fourth-order valence-corrected chi connectivity index (χ4v) is 3.97. The standard InChI is InChI=1S/C23H29ClN2O2/c1-18-10-4-7-13-22(18)28-17-23(27)25-16-21(19-11-5-6-12-20(19)24)26-14-8-2-3-9-15-26/h4-7,10-13,21H,2-3,8-9,14-17H2,1H3,(H,25,27)/t21-/m0/s1. The van der Waals surface area contributed by atoms with Gasteiger partial charge in [0.25, 0.3) is 5.91 Å². The Balaban J connectivity index is 1.63.